The lowest BCUT2D eigenvalue weighted by atomic mass is 10.2. The molecule has 7 heteroatoms. The van der Waals surface area contributed by atoms with Gasteiger partial charge in [-0.25, -0.2) is 0 Å². The van der Waals surface area contributed by atoms with Crippen LogP contribution in [0.2, 0.25) is 0 Å². The molecular formula is C19H21N3O3S. The van der Waals surface area contributed by atoms with Gasteiger partial charge in [-0.1, -0.05) is 53.8 Å². The topological polar surface area (TPSA) is 84.0 Å². The van der Waals surface area contributed by atoms with Crippen LogP contribution in [0, 0.1) is 6.92 Å². The predicted molar refractivity (Wildman–Crippen MR) is 101 cm³/mol. The summed E-state index contributed by atoms with van der Waals surface area (Å²) in [5.74, 6) is -0.0671. The van der Waals surface area contributed by atoms with E-state index in [1.165, 1.54) is 12.1 Å². The third-order valence-corrected chi connectivity index (χ3v) is 5.38. The highest BCUT2D eigenvalue weighted by Crippen LogP contribution is 2.39. The number of aromatic hydroxyl groups is 1. The van der Waals surface area contributed by atoms with Crippen molar-refractivity contribution in [3.63, 3.8) is 0 Å². The smallest absolute Gasteiger partial charge is 0.299 e. The van der Waals surface area contributed by atoms with Crippen molar-refractivity contribution in [1.29, 1.82) is 0 Å². The molecule has 0 saturated heterocycles. The van der Waals surface area contributed by atoms with Crippen LogP contribution < -0.4 is 0 Å². The lowest BCUT2D eigenvalue weighted by Crippen LogP contribution is -1.96. The number of benzene rings is 2. The van der Waals surface area contributed by atoms with Gasteiger partial charge in [0.1, 0.15) is 0 Å². The normalized spacial score (nSPS) is 12.2. The maximum atomic E-state index is 12.4. The maximum absolute atomic E-state index is 12.4. The van der Waals surface area contributed by atoms with E-state index in [0.717, 1.165) is 23.9 Å². The van der Waals surface area contributed by atoms with E-state index in [-0.39, 0.29) is 16.5 Å². The molecule has 3 rings (SSSR count). The van der Waals surface area contributed by atoms with E-state index in [1.807, 2.05) is 25.1 Å². The summed E-state index contributed by atoms with van der Waals surface area (Å²) in [6, 6.07) is 13.8. The van der Waals surface area contributed by atoms with E-state index in [4.69, 9.17) is 0 Å². The molecule has 0 spiro atoms. The minimum atomic E-state index is -3.93. The highest BCUT2D eigenvalue weighted by atomic mass is 32.2. The Morgan fingerprint density at radius 1 is 1.08 bits per heavy atom. The first-order chi connectivity index (χ1) is 12.4. The Balaban J connectivity index is 2.04. The van der Waals surface area contributed by atoms with Crippen molar-refractivity contribution in [1.82, 2.24) is 4.57 Å². The molecule has 1 N–H and O–H groups in total. The minimum Gasteiger partial charge on any atom is -0.493 e. The van der Waals surface area contributed by atoms with Crippen LogP contribution in [-0.4, -0.2) is 18.1 Å². The molecular weight excluding hydrogens is 350 g/mol. The maximum Gasteiger partial charge on any atom is 0.299 e. The fraction of sp³-hybridized carbons (Fsp3) is 0.263. The molecule has 0 aliphatic rings. The summed E-state index contributed by atoms with van der Waals surface area (Å²) in [4.78, 5) is 0.0704. The zero-order valence-corrected chi connectivity index (χ0v) is 15.6. The van der Waals surface area contributed by atoms with Gasteiger partial charge in [-0.3, -0.25) is 0 Å². The van der Waals surface area contributed by atoms with Crippen molar-refractivity contribution in [3.8, 4) is 5.88 Å². The number of unbranched alkanes of at least 4 members (excludes halogenated alkanes) is 1. The van der Waals surface area contributed by atoms with Crippen molar-refractivity contribution in [2.24, 2.45) is 9.63 Å². The average molecular weight is 371 g/mol. The minimum absolute atomic E-state index is 0.0671. The SMILES string of the molecule is CCCCn1c(O)c(N=NS(=O)(=O)c2ccc(C)cc2)c2ccccc21. The fourth-order valence-corrected chi connectivity index (χ4v) is 3.53. The first-order valence-corrected chi connectivity index (χ1v) is 9.93. The number of aryl methyl sites for hydroxylation is 2. The quantitative estimate of drug-likeness (QED) is 0.624. The summed E-state index contributed by atoms with van der Waals surface area (Å²) < 4.78 is 30.1. The molecule has 0 bridgehead atoms. The first-order valence-electron chi connectivity index (χ1n) is 8.49. The van der Waals surface area contributed by atoms with Gasteiger partial charge in [-0.05, 0) is 31.5 Å². The molecule has 0 saturated carbocycles. The number of fused-ring (bicyclic) bond motifs is 1. The van der Waals surface area contributed by atoms with Gasteiger partial charge in [0.15, 0.2) is 5.69 Å². The standard InChI is InChI=1S/C19H21N3O3S/c1-3-4-13-22-17-8-6-5-7-16(17)18(19(22)23)20-21-26(24,25)15-11-9-14(2)10-12-15/h5-12,23H,3-4,13H2,1-2H3. The number of rotatable bonds is 6. The zero-order valence-electron chi connectivity index (χ0n) is 14.8. The molecule has 0 fully saturated rings. The third-order valence-electron chi connectivity index (χ3n) is 4.22. The van der Waals surface area contributed by atoms with E-state index in [1.54, 1.807) is 22.8 Å². The van der Waals surface area contributed by atoms with Crippen LogP contribution in [0.3, 0.4) is 0 Å². The van der Waals surface area contributed by atoms with Crippen molar-refractivity contribution >= 4 is 26.6 Å². The lowest BCUT2D eigenvalue weighted by molar-refractivity contribution is 0.418. The molecule has 0 amide bonds. The van der Waals surface area contributed by atoms with Crippen LogP contribution in [0.5, 0.6) is 5.88 Å². The van der Waals surface area contributed by atoms with Gasteiger partial charge in [0.2, 0.25) is 5.88 Å². The Morgan fingerprint density at radius 3 is 2.46 bits per heavy atom. The van der Waals surface area contributed by atoms with Gasteiger partial charge in [0, 0.05) is 11.9 Å². The second-order valence-corrected chi connectivity index (χ2v) is 7.75. The average Bonchev–Trinajstić information content (AvgIpc) is 2.90. The molecule has 0 atom stereocenters. The van der Waals surface area contributed by atoms with Gasteiger partial charge in [-0.15, -0.1) is 5.11 Å². The molecule has 0 aliphatic heterocycles. The largest absolute Gasteiger partial charge is 0.493 e. The second-order valence-electron chi connectivity index (χ2n) is 6.16. The summed E-state index contributed by atoms with van der Waals surface area (Å²) >= 11 is 0. The number of para-hydroxylation sites is 1. The first kappa shape index (κ1) is 18.1. The Kier molecular flexibility index (Phi) is 5.08. The fourth-order valence-electron chi connectivity index (χ4n) is 2.76. The molecule has 6 nitrogen and oxygen atoms in total. The van der Waals surface area contributed by atoms with Crippen LogP contribution in [-0.2, 0) is 16.6 Å². The number of hydrogen-bond donors (Lipinski definition) is 1. The zero-order chi connectivity index (χ0) is 18.7. The molecule has 3 aromatic rings. The summed E-state index contributed by atoms with van der Waals surface area (Å²) in [7, 11) is -3.93. The van der Waals surface area contributed by atoms with Gasteiger partial charge < -0.3 is 9.67 Å². The Hall–Kier alpha value is -2.67. The Labute approximate surface area is 152 Å². The molecule has 0 radical (unpaired) electrons. The second kappa shape index (κ2) is 7.29. The molecule has 1 aromatic heterocycles. The molecule has 0 aliphatic carbocycles. The molecule has 2 aromatic carbocycles. The van der Waals surface area contributed by atoms with Gasteiger partial charge in [0.05, 0.1) is 10.4 Å². The molecule has 26 heavy (non-hydrogen) atoms. The van der Waals surface area contributed by atoms with Crippen molar-refractivity contribution in [3.05, 3.63) is 54.1 Å². The van der Waals surface area contributed by atoms with Crippen molar-refractivity contribution in [2.45, 2.75) is 38.1 Å². The van der Waals surface area contributed by atoms with E-state index in [2.05, 4.69) is 16.6 Å². The van der Waals surface area contributed by atoms with Crippen molar-refractivity contribution < 1.29 is 13.5 Å². The van der Waals surface area contributed by atoms with Gasteiger partial charge in [-0.2, -0.15) is 8.42 Å². The Bertz CT molecular complexity index is 1050. The lowest BCUT2D eigenvalue weighted by Gasteiger charge is -2.05. The van der Waals surface area contributed by atoms with E-state index in [9.17, 15) is 13.5 Å². The van der Waals surface area contributed by atoms with Crippen molar-refractivity contribution in [2.75, 3.05) is 0 Å². The summed E-state index contributed by atoms with van der Waals surface area (Å²) in [5, 5.41) is 15.1. The summed E-state index contributed by atoms with van der Waals surface area (Å²) in [5.41, 5.74) is 1.94. The van der Waals surface area contributed by atoms with Crippen LogP contribution >= 0.6 is 0 Å². The number of hydrogen-bond acceptors (Lipinski definition) is 4. The van der Waals surface area contributed by atoms with Crippen LogP contribution in [0.15, 0.2) is 63.1 Å². The summed E-state index contributed by atoms with van der Waals surface area (Å²) in [6.07, 6.45) is 1.87. The van der Waals surface area contributed by atoms with Crippen LogP contribution in [0.4, 0.5) is 5.69 Å². The molecule has 136 valence electrons. The highest BCUT2D eigenvalue weighted by Gasteiger charge is 2.18. The van der Waals surface area contributed by atoms with Crippen LogP contribution in [0.25, 0.3) is 10.9 Å². The Morgan fingerprint density at radius 2 is 1.77 bits per heavy atom. The van der Waals surface area contributed by atoms with E-state index >= 15 is 0 Å². The number of sulfonamides is 1. The van der Waals surface area contributed by atoms with E-state index in [0.29, 0.717) is 11.9 Å². The summed E-state index contributed by atoms with van der Waals surface area (Å²) in [6.45, 7) is 4.57. The van der Waals surface area contributed by atoms with E-state index < -0.39 is 10.0 Å². The number of nitrogens with zero attached hydrogens (tertiary/aromatic N) is 3. The van der Waals surface area contributed by atoms with Gasteiger partial charge >= 0.3 is 0 Å². The van der Waals surface area contributed by atoms with Crippen LogP contribution in [0.1, 0.15) is 25.3 Å². The predicted octanol–water partition coefficient (Wildman–Crippen LogP) is 4.93. The van der Waals surface area contributed by atoms with Gasteiger partial charge in [0.25, 0.3) is 10.0 Å². The molecule has 0 unspecified atom stereocenters. The third kappa shape index (κ3) is 3.48. The number of aromatic nitrogens is 1. The molecule has 1 heterocycles. The monoisotopic (exact) mass is 371 g/mol. The highest BCUT2D eigenvalue weighted by molar-refractivity contribution is 7.90.